The molecule has 1 aliphatic rings. The first-order valence-corrected chi connectivity index (χ1v) is 8.21. The second kappa shape index (κ2) is 6.01. The summed E-state index contributed by atoms with van der Waals surface area (Å²) in [6.45, 7) is 0. The van der Waals surface area contributed by atoms with Crippen molar-refractivity contribution in [2.24, 2.45) is 5.92 Å². The van der Waals surface area contributed by atoms with Crippen molar-refractivity contribution in [1.29, 1.82) is 0 Å². The molecule has 1 saturated carbocycles. The van der Waals surface area contributed by atoms with Gasteiger partial charge in [-0.1, -0.05) is 41.6 Å². The summed E-state index contributed by atoms with van der Waals surface area (Å²) in [6, 6.07) is 5.57. The molecule has 0 spiro atoms. The van der Waals surface area contributed by atoms with Crippen LogP contribution in [-0.4, -0.2) is 9.96 Å². The van der Waals surface area contributed by atoms with Crippen molar-refractivity contribution in [3.8, 4) is 0 Å². The van der Waals surface area contributed by atoms with Crippen LogP contribution in [0.1, 0.15) is 32.1 Å². The van der Waals surface area contributed by atoms with Crippen molar-refractivity contribution < 1.29 is 4.21 Å². The van der Waals surface area contributed by atoms with Gasteiger partial charge >= 0.3 is 0 Å². The highest BCUT2D eigenvalue weighted by atomic mass is 79.9. The minimum absolute atomic E-state index is 0.637. The Morgan fingerprint density at radius 1 is 1.35 bits per heavy atom. The molecular formula is C13H18BrNOS. The topological polar surface area (TPSA) is 43.1 Å². The van der Waals surface area contributed by atoms with Crippen molar-refractivity contribution in [2.75, 3.05) is 11.5 Å². The molecule has 2 N–H and O–H groups in total. The van der Waals surface area contributed by atoms with Crippen molar-refractivity contribution in [3.05, 3.63) is 22.7 Å². The van der Waals surface area contributed by atoms with Gasteiger partial charge in [0, 0.05) is 15.9 Å². The average Bonchev–Trinajstić information content (AvgIpc) is 2.82. The van der Waals surface area contributed by atoms with E-state index in [1.165, 1.54) is 25.7 Å². The third kappa shape index (κ3) is 3.55. The maximum atomic E-state index is 12.2. The van der Waals surface area contributed by atoms with Gasteiger partial charge in [-0.05, 0) is 30.5 Å². The van der Waals surface area contributed by atoms with E-state index >= 15 is 0 Å². The number of nitrogens with two attached hydrogens (primary N) is 1. The predicted molar refractivity (Wildman–Crippen MR) is 76.4 cm³/mol. The minimum atomic E-state index is -0.956. The fourth-order valence-electron chi connectivity index (χ4n) is 2.39. The molecule has 1 aromatic carbocycles. The van der Waals surface area contributed by atoms with E-state index in [9.17, 15) is 4.21 Å². The molecule has 2 rings (SSSR count). The van der Waals surface area contributed by atoms with E-state index in [0.29, 0.717) is 5.69 Å². The first-order valence-electron chi connectivity index (χ1n) is 6.10. The molecule has 2 nitrogen and oxygen atoms in total. The third-order valence-corrected chi connectivity index (χ3v) is 5.35. The van der Waals surface area contributed by atoms with Gasteiger partial charge in [-0.15, -0.1) is 0 Å². The Labute approximate surface area is 114 Å². The Morgan fingerprint density at radius 2 is 2.06 bits per heavy atom. The monoisotopic (exact) mass is 315 g/mol. The molecule has 94 valence electrons. The Morgan fingerprint density at radius 3 is 2.76 bits per heavy atom. The molecule has 1 fully saturated rings. The highest BCUT2D eigenvalue weighted by Gasteiger charge is 2.17. The van der Waals surface area contributed by atoms with E-state index in [1.54, 1.807) is 0 Å². The molecule has 0 radical (unpaired) electrons. The zero-order valence-electron chi connectivity index (χ0n) is 9.82. The molecule has 0 aromatic heterocycles. The Kier molecular flexibility index (Phi) is 4.62. The van der Waals surface area contributed by atoms with E-state index in [1.807, 2.05) is 18.2 Å². The van der Waals surface area contributed by atoms with Gasteiger partial charge in [0.25, 0.3) is 0 Å². The molecule has 17 heavy (non-hydrogen) atoms. The van der Waals surface area contributed by atoms with Crippen LogP contribution >= 0.6 is 15.9 Å². The van der Waals surface area contributed by atoms with Crippen LogP contribution in [-0.2, 0) is 10.8 Å². The van der Waals surface area contributed by atoms with Crippen LogP contribution in [0.3, 0.4) is 0 Å². The normalized spacial score (nSPS) is 18.4. The van der Waals surface area contributed by atoms with Crippen LogP contribution < -0.4 is 5.73 Å². The molecule has 0 heterocycles. The van der Waals surface area contributed by atoms with E-state index in [2.05, 4.69) is 15.9 Å². The maximum Gasteiger partial charge on any atom is 0.0628 e. The molecular weight excluding hydrogens is 298 g/mol. The summed E-state index contributed by atoms with van der Waals surface area (Å²) in [5, 5.41) is 0. The first-order chi connectivity index (χ1) is 8.16. The van der Waals surface area contributed by atoms with Crippen LogP contribution in [0.5, 0.6) is 0 Å². The fourth-order valence-corrected chi connectivity index (χ4v) is 4.26. The first kappa shape index (κ1) is 13.1. The zero-order valence-corrected chi connectivity index (χ0v) is 12.2. The van der Waals surface area contributed by atoms with Crippen molar-refractivity contribution in [2.45, 2.75) is 37.0 Å². The summed E-state index contributed by atoms with van der Waals surface area (Å²) in [5.74, 6) is 1.53. The summed E-state index contributed by atoms with van der Waals surface area (Å²) >= 11 is 3.39. The Hall–Kier alpha value is -0.350. The summed E-state index contributed by atoms with van der Waals surface area (Å²) in [6.07, 6.45) is 6.38. The van der Waals surface area contributed by atoms with Crippen LogP contribution in [0.4, 0.5) is 5.69 Å². The minimum Gasteiger partial charge on any atom is -0.398 e. The van der Waals surface area contributed by atoms with Gasteiger partial charge in [0.1, 0.15) is 0 Å². The Balaban J connectivity index is 1.96. The molecule has 1 aliphatic carbocycles. The fraction of sp³-hybridized carbons (Fsp3) is 0.538. The van der Waals surface area contributed by atoms with Crippen molar-refractivity contribution >= 4 is 32.4 Å². The number of anilines is 1. The zero-order chi connectivity index (χ0) is 12.3. The van der Waals surface area contributed by atoms with E-state index in [0.717, 1.165) is 27.5 Å². The van der Waals surface area contributed by atoms with Gasteiger partial charge in [-0.25, -0.2) is 0 Å². The molecule has 1 unspecified atom stereocenters. The van der Waals surface area contributed by atoms with E-state index < -0.39 is 10.8 Å². The number of nitrogen functional groups attached to an aromatic ring is 1. The largest absolute Gasteiger partial charge is 0.398 e. The quantitative estimate of drug-likeness (QED) is 0.860. The number of benzene rings is 1. The van der Waals surface area contributed by atoms with Crippen LogP contribution in [0.2, 0.25) is 0 Å². The van der Waals surface area contributed by atoms with Gasteiger partial charge in [0.05, 0.1) is 15.7 Å². The molecule has 0 bridgehead atoms. The Bertz CT molecular complexity index is 416. The second-order valence-corrected chi connectivity index (χ2v) is 7.13. The molecule has 0 amide bonds. The second-order valence-electron chi connectivity index (χ2n) is 4.67. The smallest absolute Gasteiger partial charge is 0.0628 e. The van der Waals surface area contributed by atoms with Gasteiger partial charge in [0.15, 0.2) is 0 Å². The molecule has 1 aromatic rings. The SMILES string of the molecule is Nc1ccc(Br)cc1S(=O)CCC1CCCC1. The summed E-state index contributed by atoms with van der Waals surface area (Å²) in [7, 11) is -0.956. The van der Waals surface area contributed by atoms with Crippen molar-refractivity contribution in [1.82, 2.24) is 0 Å². The maximum absolute atomic E-state index is 12.2. The van der Waals surface area contributed by atoms with Crippen LogP contribution in [0.25, 0.3) is 0 Å². The number of rotatable bonds is 4. The van der Waals surface area contributed by atoms with Gasteiger partial charge in [0.2, 0.25) is 0 Å². The predicted octanol–water partition coefficient (Wildman–Crippen LogP) is 3.72. The van der Waals surface area contributed by atoms with Crippen LogP contribution in [0, 0.1) is 5.92 Å². The van der Waals surface area contributed by atoms with E-state index in [-0.39, 0.29) is 0 Å². The standard InChI is InChI=1S/C13H18BrNOS/c14-11-5-6-12(15)13(9-11)17(16)8-7-10-3-1-2-4-10/h5-6,9-10H,1-4,7-8,15H2. The highest BCUT2D eigenvalue weighted by molar-refractivity contribution is 9.10. The third-order valence-electron chi connectivity index (χ3n) is 3.41. The molecule has 0 saturated heterocycles. The lowest BCUT2D eigenvalue weighted by Crippen LogP contribution is -2.06. The summed E-state index contributed by atoms with van der Waals surface area (Å²) < 4.78 is 13.1. The lowest BCUT2D eigenvalue weighted by atomic mass is 10.1. The van der Waals surface area contributed by atoms with E-state index in [4.69, 9.17) is 5.73 Å². The molecule has 0 aliphatic heterocycles. The van der Waals surface area contributed by atoms with Crippen LogP contribution in [0.15, 0.2) is 27.6 Å². The number of hydrogen-bond donors (Lipinski definition) is 1. The molecule has 4 heteroatoms. The highest BCUT2D eigenvalue weighted by Crippen LogP contribution is 2.29. The summed E-state index contributed by atoms with van der Waals surface area (Å²) in [5.41, 5.74) is 6.50. The van der Waals surface area contributed by atoms with Crippen molar-refractivity contribution in [3.63, 3.8) is 0 Å². The molecule has 1 atom stereocenters. The lowest BCUT2D eigenvalue weighted by Gasteiger charge is -2.10. The average molecular weight is 316 g/mol. The summed E-state index contributed by atoms with van der Waals surface area (Å²) in [4.78, 5) is 0.775. The lowest BCUT2D eigenvalue weighted by molar-refractivity contribution is 0.531. The van der Waals surface area contributed by atoms with Gasteiger partial charge < -0.3 is 5.73 Å². The number of hydrogen-bond acceptors (Lipinski definition) is 2. The van der Waals surface area contributed by atoms with Gasteiger partial charge in [-0.2, -0.15) is 0 Å². The number of halogens is 1. The van der Waals surface area contributed by atoms with Gasteiger partial charge in [-0.3, -0.25) is 4.21 Å².